The molecule has 7 nitrogen and oxygen atoms in total. The fourth-order valence-corrected chi connectivity index (χ4v) is 2.11. The molecule has 1 heterocycles. The van der Waals surface area contributed by atoms with Gasteiger partial charge in [-0.1, -0.05) is 0 Å². The highest BCUT2D eigenvalue weighted by Gasteiger charge is 2.38. The Morgan fingerprint density at radius 1 is 1.22 bits per heavy atom. The van der Waals surface area contributed by atoms with Crippen LogP contribution in [-0.4, -0.2) is 61.3 Å². The maximum atomic E-state index is 11.9. The molecule has 0 aliphatic carbocycles. The fraction of sp³-hybridized carbons (Fsp3) is 0.769. The summed E-state index contributed by atoms with van der Waals surface area (Å²) in [6.45, 7) is 2.50. The van der Waals surface area contributed by atoms with Crippen molar-refractivity contribution in [3.05, 3.63) is 0 Å². The number of amides is 3. The molecule has 0 radical (unpaired) electrons. The van der Waals surface area contributed by atoms with Gasteiger partial charge in [-0.25, -0.2) is 4.79 Å². The van der Waals surface area contributed by atoms with Gasteiger partial charge in [-0.2, -0.15) is 13.2 Å². The number of hydrogen-bond donors (Lipinski definition) is 2. The molecule has 10 heteroatoms. The van der Waals surface area contributed by atoms with E-state index >= 15 is 0 Å². The summed E-state index contributed by atoms with van der Waals surface area (Å²) in [6.07, 6.45) is -4.50. The summed E-state index contributed by atoms with van der Waals surface area (Å²) in [7, 11) is 0. The molecule has 3 amide bonds. The summed E-state index contributed by atoms with van der Waals surface area (Å²) in [5, 5.41) is 4.31. The molecule has 1 aliphatic heterocycles. The summed E-state index contributed by atoms with van der Waals surface area (Å²) >= 11 is 0. The second-order valence-corrected chi connectivity index (χ2v) is 5.03. The number of alkyl halides is 3. The molecular weight excluding hydrogens is 319 g/mol. The number of piperidine rings is 1. The summed E-state index contributed by atoms with van der Waals surface area (Å²) in [6, 6.07) is -0.147. The lowest BCUT2D eigenvalue weighted by atomic mass is 10.1. The van der Waals surface area contributed by atoms with E-state index < -0.39 is 24.1 Å². The Hall–Kier alpha value is -2.00. The molecule has 0 aromatic carbocycles. The molecule has 0 atom stereocenters. The van der Waals surface area contributed by atoms with Gasteiger partial charge in [0.1, 0.15) is 0 Å². The first-order chi connectivity index (χ1) is 10.7. The molecule has 0 spiro atoms. The van der Waals surface area contributed by atoms with Crippen LogP contribution in [0.15, 0.2) is 0 Å². The third kappa shape index (κ3) is 6.74. The lowest BCUT2D eigenvalue weighted by Crippen LogP contribution is -2.47. The number of nitrogens with zero attached hydrogens (tertiary/aromatic N) is 1. The zero-order chi connectivity index (χ0) is 17.5. The number of hydrogen-bond acceptors (Lipinski definition) is 4. The Labute approximate surface area is 131 Å². The average Bonchev–Trinajstić information content (AvgIpc) is 2.47. The van der Waals surface area contributed by atoms with Gasteiger partial charge in [0.15, 0.2) is 0 Å². The lowest BCUT2D eigenvalue weighted by Gasteiger charge is -2.31. The fourth-order valence-electron chi connectivity index (χ4n) is 2.11. The van der Waals surface area contributed by atoms with E-state index in [-0.39, 0.29) is 19.0 Å². The molecule has 1 aliphatic rings. The number of carbonyl (C=O) groups excluding carboxylic acids is 3. The van der Waals surface area contributed by atoms with Crippen LogP contribution in [0.5, 0.6) is 0 Å². The Kier molecular flexibility index (Phi) is 7.11. The van der Waals surface area contributed by atoms with Crippen molar-refractivity contribution < 1.29 is 32.3 Å². The Bertz CT molecular complexity index is 435. The van der Waals surface area contributed by atoms with Crippen LogP contribution >= 0.6 is 0 Å². The van der Waals surface area contributed by atoms with Crippen molar-refractivity contribution in [2.24, 2.45) is 0 Å². The molecule has 1 rings (SSSR count). The summed E-state index contributed by atoms with van der Waals surface area (Å²) in [4.78, 5) is 35.2. The van der Waals surface area contributed by atoms with Crippen molar-refractivity contribution >= 4 is 17.9 Å². The minimum Gasteiger partial charge on any atom is -0.450 e. The minimum absolute atomic E-state index is 0.147. The number of nitrogens with one attached hydrogen (secondary N) is 2. The SMILES string of the molecule is CCOC(=O)N1CCC(NC(=O)CCNC(=O)C(F)(F)F)CC1. The Morgan fingerprint density at radius 3 is 2.35 bits per heavy atom. The first-order valence-corrected chi connectivity index (χ1v) is 7.30. The summed E-state index contributed by atoms with van der Waals surface area (Å²) in [5.41, 5.74) is 0. The van der Waals surface area contributed by atoms with Crippen molar-refractivity contribution in [2.75, 3.05) is 26.2 Å². The van der Waals surface area contributed by atoms with Gasteiger partial charge in [0.2, 0.25) is 5.91 Å². The number of ether oxygens (including phenoxy) is 1. The standard InChI is InChI=1S/C13H20F3N3O4/c1-2-23-12(22)19-7-4-9(5-8-19)18-10(20)3-6-17-11(21)13(14,15)16/h9H,2-8H2,1H3,(H,17,21)(H,18,20). The first kappa shape index (κ1) is 19.0. The second-order valence-electron chi connectivity index (χ2n) is 5.03. The molecule has 0 saturated carbocycles. The zero-order valence-corrected chi connectivity index (χ0v) is 12.7. The molecule has 2 N–H and O–H groups in total. The quantitative estimate of drug-likeness (QED) is 0.775. The van der Waals surface area contributed by atoms with Crippen LogP contribution in [0.2, 0.25) is 0 Å². The topological polar surface area (TPSA) is 87.7 Å². The van der Waals surface area contributed by atoms with Crippen molar-refractivity contribution in [1.29, 1.82) is 0 Å². The third-order valence-electron chi connectivity index (χ3n) is 3.28. The largest absolute Gasteiger partial charge is 0.471 e. The van der Waals surface area contributed by atoms with Crippen LogP contribution in [0.25, 0.3) is 0 Å². The molecule has 23 heavy (non-hydrogen) atoms. The van der Waals surface area contributed by atoms with E-state index in [2.05, 4.69) is 5.32 Å². The number of halogens is 3. The highest BCUT2D eigenvalue weighted by molar-refractivity contribution is 5.82. The lowest BCUT2D eigenvalue weighted by molar-refractivity contribution is -0.173. The highest BCUT2D eigenvalue weighted by Crippen LogP contribution is 2.14. The zero-order valence-electron chi connectivity index (χ0n) is 12.7. The van der Waals surface area contributed by atoms with Crippen LogP contribution < -0.4 is 10.6 Å². The minimum atomic E-state index is -4.95. The maximum Gasteiger partial charge on any atom is 0.471 e. The molecule has 0 aromatic rings. The first-order valence-electron chi connectivity index (χ1n) is 7.30. The molecule has 0 unspecified atom stereocenters. The number of rotatable bonds is 5. The Morgan fingerprint density at radius 2 is 1.83 bits per heavy atom. The molecule has 1 fully saturated rings. The maximum absolute atomic E-state index is 11.9. The normalized spacial score (nSPS) is 15.9. The highest BCUT2D eigenvalue weighted by atomic mass is 19.4. The van der Waals surface area contributed by atoms with E-state index in [1.165, 1.54) is 4.90 Å². The average molecular weight is 339 g/mol. The van der Waals surface area contributed by atoms with Crippen LogP contribution in [0.1, 0.15) is 26.2 Å². The third-order valence-corrected chi connectivity index (χ3v) is 3.28. The van der Waals surface area contributed by atoms with Crippen LogP contribution in [0.4, 0.5) is 18.0 Å². The van der Waals surface area contributed by atoms with Gasteiger partial charge in [-0.15, -0.1) is 0 Å². The molecule has 132 valence electrons. The Balaban J connectivity index is 2.22. The van der Waals surface area contributed by atoms with Crippen LogP contribution in [-0.2, 0) is 14.3 Å². The number of likely N-dealkylation sites (tertiary alicyclic amines) is 1. The predicted molar refractivity (Wildman–Crippen MR) is 73.4 cm³/mol. The van der Waals surface area contributed by atoms with Crippen LogP contribution in [0, 0.1) is 0 Å². The van der Waals surface area contributed by atoms with E-state index in [0.29, 0.717) is 32.5 Å². The van der Waals surface area contributed by atoms with E-state index in [9.17, 15) is 27.6 Å². The predicted octanol–water partition coefficient (Wildman–Crippen LogP) is 0.792. The smallest absolute Gasteiger partial charge is 0.450 e. The van der Waals surface area contributed by atoms with Crippen molar-refractivity contribution in [3.8, 4) is 0 Å². The van der Waals surface area contributed by atoms with Crippen LogP contribution in [0.3, 0.4) is 0 Å². The second kappa shape index (κ2) is 8.59. The molecular formula is C13H20F3N3O4. The molecule has 0 aromatic heterocycles. The van der Waals surface area contributed by atoms with Gasteiger partial charge < -0.3 is 20.3 Å². The molecule has 0 bridgehead atoms. The van der Waals surface area contributed by atoms with Gasteiger partial charge >= 0.3 is 18.2 Å². The van der Waals surface area contributed by atoms with Crippen molar-refractivity contribution in [3.63, 3.8) is 0 Å². The van der Waals surface area contributed by atoms with Gasteiger partial charge in [-0.3, -0.25) is 9.59 Å². The van der Waals surface area contributed by atoms with Gasteiger partial charge in [-0.05, 0) is 19.8 Å². The van der Waals surface area contributed by atoms with E-state index in [1.54, 1.807) is 12.2 Å². The number of carbonyl (C=O) groups is 3. The van der Waals surface area contributed by atoms with Gasteiger partial charge in [0, 0.05) is 32.1 Å². The monoisotopic (exact) mass is 339 g/mol. The molecule has 1 saturated heterocycles. The van der Waals surface area contributed by atoms with Gasteiger partial charge in [0.05, 0.1) is 6.61 Å². The van der Waals surface area contributed by atoms with Crippen molar-refractivity contribution in [2.45, 2.75) is 38.4 Å². The van der Waals surface area contributed by atoms with E-state index in [4.69, 9.17) is 4.74 Å². The summed E-state index contributed by atoms with van der Waals surface area (Å²) in [5.74, 6) is -2.50. The van der Waals surface area contributed by atoms with Crippen molar-refractivity contribution in [1.82, 2.24) is 15.5 Å². The van der Waals surface area contributed by atoms with Gasteiger partial charge in [0.25, 0.3) is 0 Å². The summed E-state index contributed by atoms with van der Waals surface area (Å²) < 4.78 is 40.7. The van der Waals surface area contributed by atoms with E-state index in [1.807, 2.05) is 0 Å². The van der Waals surface area contributed by atoms with E-state index in [0.717, 1.165) is 0 Å².